The normalized spacial score (nSPS) is 27.1. The Kier molecular flexibility index (Phi) is 4.86. The van der Waals surface area contributed by atoms with Crippen LogP contribution in [-0.2, 0) is 4.74 Å². The average Bonchev–Trinajstić information content (AvgIpc) is 2.19. The van der Waals surface area contributed by atoms with Crippen molar-refractivity contribution < 1.29 is 4.74 Å². The lowest BCUT2D eigenvalue weighted by atomic mass is 9.83. The molecule has 0 aromatic carbocycles. The molecule has 14 heavy (non-hydrogen) atoms. The number of hydrogen-bond acceptors (Lipinski definition) is 2. The second-order valence-electron chi connectivity index (χ2n) is 4.52. The second-order valence-corrected chi connectivity index (χ2v) is 5.62. The standard InChI is InChI=1S/C12H22OS/c1-4-12(6-5-7-14-10-12)9-13-8-11(2)3/h8H,4-7,9-10H2,1-3H3. The van der Waals surface area contributed by atoms with Crippen LogP contribution >= 0.6 is 11.8 Å². The van der Waals surface area contributed by atoms with Gasteiger partial charge in [-0.1, -0.05) is 6.92 Å². The summed E-state index contributed by atoms with van der Waals surface area (Å²) in [5.41, 5.74) is 1.70. The first-order valence-electron chi connectivity index (χ1n) is 5.51. The number of thioether (sulfide) groups is 1. The molecule has 0 spiro atoms. The molecule has 1 atom stereocenters. The van der Waals surface area contributed by atoms with Crippen molar-refractivity contribution in [2.24, 2.45) is 5.41 Å². The van der Waals surface area contributed by atoms with E-state index in [9.17, 15) is 0 Å². The molecule has 0 bridgehead atoms. The van der Waals surface area contributed by atoms with E-state index < -0.39 is 0 Å². The summed E-state index contributed by atoms with van der Waals surface area (Å²) in [4.78, 5) is 0. The van der Waals surface area contributed by atoms with E-state index in [-0.39, 0.29) is 0 Å². The monoisotopic (exact) mass is 214 g/mol. The third kappa shape index (κ3) is 3.56. The van der Waals surface area contributed by atoms with E-state index in [1.165, 1.54) is 36.3 Å². The van der Waals surface area contributed by atoms with Crippen molar-refractivity contribution in [3.05, 3.63) is 11.8 Å². The van der Waals surface area contributed by atoms with Gasteiger partial charge in [0.25, 0.3) is 0 Å². The van der Waals surface area contributed by atoms with Crippen LogP contribution in [-0.4, -0.2) is 18.1 Å². The summed E-state index contributed by atoms with van der Waals surface area (Å²) in [5, 5.41) is 0. The minimum atomic E-state index is 0.453. The molecule has 0 radical (unpaired) electrons. The lowest BCUT2D eigenvalue weighted by molar-refractivity contribution is 0.110. The molecular weight excluding hydrogens is 192 g/mol. The van der Waals surface area contributed by atoms with E-state index in [0.717, 1.165) is 6.61 Å². The average molecular weight is 214 g/mol. The summed E-state index contributed by atoms with van der Waals surface area (Å²) >= 11 is 2.08. The molecule has 82 valence electrons. The van der Waals surface area contributed by atoms with Crippen LogP contribution in [0, 0.1) is 5.41 Å². The number of hydrogen-bond donors (Lipinski definition) is 0. The Labute approximate surface area is 92.3 Å². The van der Waals surface area contributed by atoms with Gasteiger partial charge in [-0.3, -0.25) is 0 Å². The first kappa shape index (κ1) is 12.0. The van der Waals surface area contributed by atoms with E-state index in [1.54, 1.807) is 0 Å². The van der Waals surface area contributed by atoms with Crippen molar-refractivity contribution in [2.75, 3.05) is 18.1 Å². The van der Waals surface area contributed by atoms with Gasteiger partial charge in [0, 0.05) is 11.2 Å². The zero-order chi connectivity index (χ0) is 10.4. The summed E-state index contributed by atoms with van der Waals surface area (Å²) in [6.45, 7) is 7.35. The molecule has 0 aliphatic carbocycles. The van der Waals surface area contributed by atoms with Crippen LogP contribution < -0.4 is 0 Å². The Bertz CT molecular complexity index is 188. The maximum absolute atomic E-state index is 5.65. The second kappa shape index (κ2) is 5.69. The quantitative estimate of drug-likeness (QED) is 0.657. The van der Waals surface area contributed by atoms with Crippen molar-refractivity contribution in [1.82, 2.24) is 0 Å². The van der Waals surface area contributed by atoms with Gasteiger partial charge in [0.2, 0.25) is 0 Å². The van der Waals surface area contributed by atoms with Crippen molar-refractivity contribution >= 4 is 11.8 Å². The van der Waals surface area contributed by atoms with Crippen LogP contribution in [0.5, 0.6) is 0 Å². The first-order valence-corrected chi connectivity index (χ1v) is 6.67. The minimum absolute atomic E-state index is 0.453. The zero-order valence-electron chi connectivity index (χ0n) is 9.64. The molecule has 1 unspecified atom stereocenters. The molecule has 0 amide bonds. The highest BCUT2D eigenvalue weighted by atomic mass is 32.2. The minimum Gasteiger partial charge on any atom is -0.501 e. The van der Waals surface area contributed by atoms with Gasteiger partial charge in [0.15, 0.2) is 0 Å². The molecule has 1 fully saturated rings. The SMILES string of the molecule is CCC1(COC=C(C)C)CCCSC1. The Hall–Kier alpha value is -0.110. The molecule has 0 aromatic heterocycles. The molecular formula is C12H22OS. The molecule has 0 N–H and O–H groups in total. The molecule has 1 saturated heterocycles. The van der Waals surface area contributed by atoms with Gasteiger partial charge in [0.1, 0.15) is 0 Å². The van der Waals surface area contributed by atoms with Gasteiger partial charge in [-0.25, -0.2) is 0 Å². The van der Waals surface area contributed by atoms with Gasteiger partial charge in [-0.2, -0.15) is 11.8 Å². The van der Waals surface area contributed by atoms with Gasteiger partial charge in [-0.05, 0) is 44.4 Å². The molecule has 1 aliphatic heterocycles. The fraction of sp³-hybridized carbons (Fsp3) is 0.833. The van der Waals surface area contributed by atoms with Crippen LogP contribution in [0.1, 0.15) is 40.0 Å². The zero-order valence-corrected chi connectivity index (χ0v) is 10.5. The van der Waals surface area contributed by atoms with E-state index in [1.807, 2.05) is 6.26 Å². The Morgan fingerprint density at radius 1 is 1.50 bits per heavy atom. The van der Waals surface area contributed by atoms with Crippen molar-refractivity contribution in [3.8, 4) is 0 Å². The predicted octanol–water partition coefficient (Wildman–Crippen LogP) is 3.85. The van der Waals surface area contributed by atoms with E-state index >= 15 is 0 Å². The predicted molar refractivity (Wildman–Crippen MR) is 64.7 cm³/mol. The van der Waals surface area contributed by atoms with Gasteiger partial charge in [0.05, 0.1) is 12.9 Å². The smallest absolute Gasteiger partial charge is 0.0937 e. The van der Waals surface area contributed by atoms with E-state index in [0.29, 0.717) is 5.41 Å². The topological polar surface area (TPSA) is 9.23 Å². The lowest BCUT2D eigenvalue weighted by Crippen LogP contribution is -2.31. The number of allylic oxidation sites excluding steroid dienone is 1. The Morgan fingerprint density at radius 2 is 2.29 bits per heavy atom. The largest absolute Gasteiger partial charge is 0.501 e. The maximum Gasteiger partial charge on any atom is 0.0937 e. The van der Waals surface area contributed by atoms with Crippen molar-refractivity contribution in [3.63, 3.8) is 0 Å². The third-order valence-electron chi connectivity index (χ3n) is 2.86. The summed E-state index contributed by atoms with van der Waals surface area (Å²) in [7, 11) is 0. The van der Waals surface area contributed by atoms with Crippen LogP contribution in [0.3, 0.4) is 0 Å². The number of rotatable bonds is 4. The third-order valence-corrected chi connectivity index (χ3v) is 4.26. The fourth-order valence-electron chi connectivity index (χ4n) is 1.79. The molecule has 2 heteroatoms. The maximum atomic E-state index is 5.65. The van der Waals surface area contributed by atoms with E-state index in [4.69, 9.17) is 4.74 Å². The highest BCUT2D eigenvalue weighted by Crippen LogP contribution is 2.37. The van der Waals surface area contributed by atoms with Gasteiger partial charge < -0.3 is 4.74 Å². The van der Waals surface area contributed by atoms with Crippen molar-refractivity contribution in [2.45, 2.75) is 40.0 Å². The molecule has 1 rings (SSSR count). The van der Waals surface area contributed by atoms with Gasteiger partial charge in [-0.15, -0.1) is 0 Å². The molecule has 1 aliphatic rings. The molecule has 1 heterocycles. The van der Waals surface area contributed by atoms with Crippen LogP contribution in [0.15, 0.2) is 11.8 Å². The highest BCUT2D eigenvalue weighted by Gasteiger charge is 2.31. The molecule has 1 nitrogen and oxygen atoms in total. The first-order chi connectivity index (χ1) is 6.68. The molecule has 0 saturated carbocycles. The summed E-state index contributed by atoms with van der Waals surface area (Å²) in [6.07, 6.45) is 5.84. The van der Waals surface area contributed by atoms with Gasteiger partial charge >= 0.3 is 0 Å². The summed E-state index contributed by atoms with van der Waals surface area (Å²) in [6, 6.07) is 0. The van der Waals surface area contributed by atoms with Crippen LogP contribution in [0.4, 0.5) is 0 Å². The lowest BCUT2D eigenvalue weighted by Gasteiger charge is -2.35. The molecule has 0 aromatic rings. The summed E-state index contributed by atoms with van der Waals surface area (Å²) in [5.74, 6) is 2.62. The summed E-state index contributed by atoms with van der Waals surface area (Å²) < 4.78 is 5.65. The number of ether oxygens (including phenoxy) is 1. The Morgan fingerprint density at radius 3 is 2.79 bits per heavy atom. The Balaban J connectivity index is 2.40. The van der Waals surface area contributed by atoms with Crippen LogP contribution in [0.25, 0.3) is 0 Å². The van der Waals surface area contributed by atoms with Crippen LogP contribution in [0.2, 0.25) is 0 Å². The van der Waals surface area contributed by atoms with E-state index in [2.05, 4.69) is 32.5 Å². The highest BCUT2D eigenvalue weighted by molar-refractivity contribution is 7.99. The van der Waals surface area contributed by atoms with Crippen molar-refractivity contribution in [1.29, 1.82) is 0 Å². The fourth-order valence-corrected chi connectivity index (χ4v) is 3.15.